The zero-order valence-corrected chi connectivity index (χ0v) is 18.7. The van der Waals surface area contributed by atoms with Crippen LogP contribution < -0.4 is 20.1 Å². The molecule has 0 aromatic heterocycles. The Balaban J connectivity index is 1.79. The molecule has 7 heteroatoms. The Morgan fingerprint density at radius 3 is 2.77 bits per heavy atom. The van der Waals surface area contributed by atoms with Crippen molar-refractivity contribution >= 4 is 28.9 Å². The highest BCUT2D eigenvalue weighted by molar-refractivity contribution is 7.80. The van der Waals surface area contributed by atoms with Crippen LogP contribution >= 0.6 is 12.2 Å². The van der Waals surface area contributed by atoms with Crippen molar-refractivity contribution < 1.29 is 14.3 Å². The summed E-state index contributed by atoms with van der Waals surface area (Å²) in [6.45, 7) is 8.56. The van der Waals surface area contributed by atoms with Crippen molar-refractivity contribution in [1.29, 1.82) is 0 Å². The van der Waals surface area contributed by atoms with E-state index in [0.717, 1.165) is 22.4 Å². The summed E-state index contributed by atoms with van der Waals surface area (Å²) in [5, 5.41) is 7.08. The number of nitrogens with one attached hydrogen (secondary N) is 2. The number of anilines is 1. The smallest absolute Gasteiger partial charge is 0.236 e. The molecule has 2 aromatic rings. The van der Waals surface area contributed by atoms with E-state index in [-0.39, 0.29) is 11.9 Å². The van der Waals surface area contributed by atoms with Gasteiger partial charge in [-0.2, -0.15) is 0 Å². The summed E-state index contributed by atoms with van der Waals surface area (Å²) >= 11 is 5.62. The summed E-state index contributed by atoms with van der Waals surface area (Å²) in [5.41, 5.74) is 2.89. The highest BCUT2D eigenvalue weighted by Crippen LogP contribution is 2.51. The second-order valence-corrected chi connectivity index (χ2v) is 8.38. The maximum Gasteiger partial charge on any atom is 0.236 e. The van der Waals surface area contributed by atoms with E-state index >= 15 is 0 Å². The molecule has 0 aliphatic carbocycles. The first-order chi connectivity index (χ1) is 14.3. The highest BCUT2D eigenvalue weighted by atomic mass is 32.1. The molecule has 6 nitrogen and oxygen atoms in total. The zero-order chi connectivity index (χ0) is 21.6. The molecule has 2 N–H and O–H groups in total. The van der Waals surface area contributed by atoms with Gasteiger partial charge in [-0.1, -0.05) is 29.8 Å². The van der Waals surface area contributed by atoms with Crippen LogP contribution in [0.1, 0.15) is 36.6 Å². The van der Waals surface area contributed by atoms with E-state index in [2.05, 4.69) is 16.7 Å². The maximum atomic E-state index is 13.6. The van der Waals surface area contributed by atoms with Crippen LogP contribution in [0, 0.1) is 19.8 Å². The van der Waals surface area contributed by atoms with Gasteiger partial charge in [-0.15, -0.1) is 0 Å². The lowest BCUT2D eigenvalue weighted by molar-refractivity contribution is -0.149. The third-order valence-electron chi connectivity index (χ3n) is 6.08. The third kappa shape index (κ3) is 3.08. The Hall–Kier alpha value is -2.80. The number of amides is 1. The van der Waals surface area contributed by atoms with Crippen molar-refractivity contribution in [3.8, 4) is 11.5 Å². The molecule has 0 saturated carbocycles. The van der Waals surface area contributed by atoms with Gasteiger partial charge in [-0.3, -0.25) is 4.79 Å². The van der Waals surface area contributed by atoms with Gasteiger partial charge in [0.05, 0.1) is 13.2 Å². The molecule has 4 rings (SSSR count). The van der Waals surface area contributed by atoms with Gasteiger partial charge in [0.15, 0.2) is 22.3 Å². The fourth-order valence-corrected chi connectivity index (χ4v) is 5.06. The largest absolute Gasteiger partial charge is 0.493 e. The van der Waals surface area contributed by atoms with Crippen molar-refractivity contribution in [1.82, 2.24) is 10.2 Å². The molecule has 2 aliphatic heterocycles. The number of thiocarbonyl (C=S) groups is 1. The van der Waals surface area contributed by atoms with Gasteiger partial charge in [0, 0.05) is 17.8 Å². The van der Waals surface area contributed by atoms with Gasteiger partial charge in [-0.25, -0.2) is 0 Å². The maximum absolute atomic E-state index is 13.6. The Kier molecular flexibility index (Phi) is 5.10. The first kappa shape index (κ1) is 20.5. The van der Waals surface area contributed by atoms with E-state index in [1.807, 2.05) is 62.9 Å². The first-order valence-electron chi connectivity index (χ1n) is 10.1. The van der Waals surface area contributed by atoms with Gasteiger partial charge in [0.1, 0.15) is 5.92 Å². The summed E-state index contributed by atoms with van der Waals surface area (Å²) in [5.74, 6) is 0.653. The number of nitrogens with zero attached hydrogens (tertiary/aromatic N) is 1. The van der Waals surface area contributed by atoms with Gasteiger partial charge in [0.2, 0.25) is 5.91 Å². The molecule has 158 valence electrons. The molecule has 30 heavy (non-hydrogen) atoms. The standard InChI is InChI=1S/C23H27N3O3S/c1-6-26-22(30)25-19-15-8-7-9-17(28-5)20(15)29-23(26,4)18(19)21(27)24-16-11-10-13(2)12-14(16)3/h7-12,18-19H,6H2,1-5H3,(H,24,27)(H,25,30)/t18-,19+,23-/m0/s1. The van der Waals surface area contributed by atoms with E-state index in [1.54, 1.807) is 7.11 Å². The summed E-state index contributed by atoms with van der Waals surface area (Å²) < 4.78 is 12.1. The van der Waals surface area contributed by atoms with Gasteiger partial charge in [0.25, 0.3) is 0 Å². The lowest BCUT2D eigenvalue weighted by Crippen LogP contribution is -2.71. The number of ether oxygens (including phenoxy) is 2. The second-order valence-electron chi connectivity index (χ2n) is 7.99. The van der Waals surface area contributed by atoms with Crippen LogP contribution in [0.3, 0.4) is 0 Å². The summed E-state index contributed by atoms with van der Waals surface area (Å²) in [7, 11) is 1.62. The number of fused-ring (bicyclic) bond motifs is 4. The summed E-state index contributed by atoms with van der Waals surface area (Å²) in [4.78, 5) is 15.6. The molecular weight excluding hydrogens is 398 g/mol. The van der Waals surface area contributed by atoms with Crippen molar-refractivity contribution in [3.63, 3.8) is 0 Å². The van der Waals surface area contributed by atoms with Crippen LogP contribution in [0.25, 0.3) is 0 Å². The number of benzene rings is 2. The molecule has 2 aromatic carbocycles. The van der Waals surface area contributed by atoms with Crippen LogP contribution in [0.15, 0.2) is 36.4 Å². The molecule has 1 amide bonds. The molecule has 3 atom stereocenters. The van der Waals surface area contributed by atoms with Crippen LogP contribution in [-0.4, -0.2) is 35.3 Å². The Morgan fingerprint density at radius 2 is 2.10 bits per heavy atom. The topological polar surface area (TPSA) is 62.8 Å². The normalized spacial score (nSPS) is 24.4. The van der Waals surface area contributed by atoms with E-state index in [0.29, 0.717) is 23.2 Å². The lowest BCUT2D eigenvalue weighted by atomic mass is 9.78. The van der Waals surface area contributed by atoms with E-state index in [9.17, 15) is 4.79 Å². The molecule has 1 saturated heterocycles. The van der Waals surface area contributed by atoms with Crippen LogP contribution in [0.5, 0.6) is 11.5 Å². The Labute approximate surface area is 182 Å². The monoisotopic (exact) mass is 425 g/mol. The van der Waals surface area contributed by atoms with Crippen molar-refractivity contribution in [2.75, 3.05) is 19.0 Å². The number of para-hydroxylation sites is 1. The van der Waals surface area contributed by atoms with Gasteiger partial charge < -0.3 is 25.0 Å². The summed E-state index contributed by atoms with van der Waals surface area (Å²) in [6.07, 6.45) is 0. The van der Waals surface area contributed by atoms with Crippen LogP contribution in [0.4, 0.5) is 5.69 Å². The fourth-order valence-electron chi connectivity index (χ4n) is 4.62. The average Bonchev–Trinajstić information content (AvgIpc) is 2.69. The number of rotatable bonds is 4. The van der Waals surface area contributed by atoms with E-state index in [1.165, 1.54) is 0 Å². The molecule has 1 fully saturated rings. The van der Waals surface area contributed by atoms with Gasteiger partial charge >= 0.3 is 0 Å². The molecular formula is C23H27N3O3S. The second kappa shape index (κ2) is 7.47. The number of carbonyl (C=O) groups is 1. The molecule has 2 aliphatic rings. The number of hydrogen-bond acceptors (Lipinski definition) is 4. The minimum Gasteiger partial charge on any atom is -0.493 e. The minimum atomic E-state index is -0.952. The van der Waals surface area contributed by atoms with Crippen molar-refractivity contribution in [2.24, 2.45) is 5.92 Å². The molecule has 0 radical (unpaired) electrons. The Bertz CT molecular complexity index is 1020. The van der Waals surface area contributed by atoms with Crippen molar-refractivity contribution in [2.45, 2.75) is 39.5 Å². The SMILES string of the molecule is CCN1C(=S)N[C@@H]2c3cccc(OC)c3O[C@@]1(C)[C@@H]2C(=O)Nc1ccc(C)cc1C. The van der Waals surface area contributed by atoms with E-state index < -0.39 is 11.6 Å². The predicted octanol–water partition coefficient (Wildman–Crippen LogP) is 3.93. The molecule has 2 bridgehead atoms. The number of methoxy groups -OCH3 is 1. The van der Waals surface area contributed by atoms with Crippen LogP contribution in [-0.2, 0) is 4.79 Å². The van der Waals surface area contributed by atoms with E-state index in [4.69, 9.17) is 21.7 Å². The lowest BCUT2D eigenvalue weighted by Gasteiger charge is -2.56. The zero-order valence-electron chi connectivity index (χ0n) is 17.9. The fraction of sp³-hybridized carbons (Fsp3) is 0.391. The summed E-state index contributed by atoms with van der Waals surface area (Å²) in [6, 6.07) is 11.4. The molecule has 2 heterocycles. The third-order valence-corrected chi connectivity index (χ3v) is 6.42. The highest BCUT2D eigenvalue weighted by Gasteiger charge is 2.58. The average molecular weight is 426 g/mol. The number of aryl methyl sites for hydroxylation is 2. The predicted molar refractivity (Wildman–Crippen MR) is 121 cm³/mol. The molecule has 0 spiro atoms. The first-order valence-corrected chi connectivity index (χ1v) is 10.5. The number of hydrogen-bond donors (Lipinski definition) is 2. The molecule has 0 unspecified atom stereocenters. The quantitative estimate of drug-likeness (QED) is 0.724. The van der Waals surface area contributed by atoms with Gasteiger partial charge in [-0.05, 0) is 57.6 Å². The number of carbonyl (C=O) groups excluding carboxylic acids is 1. The minimum absolute atomic E-state index is 0.114. The Morgan fingerprint density at radius 1 is 1.33 bits per heavy atom. The van der Waals surface area contributed by atoms with Crippen LogP contribution in [0.2, 0.25) is 0 Å². The van der Waals surface area contributed by atoms with Crippen molar-refractivity contribution in [3.05, 3.63) is 53.1 Å².